The van der Waals surface area contributed by atoms with Gasteiger partial charge in [0.1, 0.15) is 5.82 Å². The van der Waals surface area contributed by atoms with Crippen LogP contribution in [0.15, 0.2) is 24.3 Å². The van der Waals surface area contributed by atoms with Gasteiger partial charge in [-0.25, -0.2) is 4.39 Å². The Bertz CT molecular complexity index is 658. The zero-order valence-electron chi connectivity index (χ0n) is 13.1. The lowest BCUT2D eigenvalue weighted by Crippen LogP contribution is -2.38. The number of amides is 2. The van der Waals surface area contributed by atoms with Crippen molar-refractivity contribution in [2.45, 2.75) is 32.2 Å². The normalized spacial score (nSPS) is 27.3. The Hall–Kier alpha value is -1.91. The molecule has 3 fully saturated rings. The molecule has 1 aromatic carbocycles. The molecule has 5 heteroatoms. The SMILES string of the molecule is O=C(C1CC1)N1CC[C@@]2(CCN(Cc3cccc(F)c3)C2=O)C1. The Morgan fingerprint density at radius 3 is 2.78 bits per heavy atom. The van der Waals surface area contributed by atoms with E-state index in [4.69, 9.17) is 0 Å². The summed E-state index contributed by atoms with van der Waals surface area (Å²) < 4.78 is 13.3. The van der Waals surface area contributed by atoms with E-state index in [1.54, 1.807) is 6.07 Å². The monoisotopic (exact) mass is 316 g/mol. The molecule has 2 amide bonds. The van der Waals surface area contributed by atoms with Crippen molar-refractivity contribution in [1.29, 1.82) is 0 Å². The molecule has 1 aromatic rings. The average Bonchev–Trinajstić information content (AvgIpc) is 3.24. The molecule has 2 saturated heterocycles. The molecule has 0 bridgehead atoms. The standard InChI is InChI=1S/C18H21FN2O2/c19-15-3-1-2-13(10-15)11-20-8-6-18(17(20)23)7-9-21(12-18)16(22)14-4-5-14/h1-3,10,14H,4-9,11-12H2/t18-/m0/s1. The summed E-state index contributed by atoms with van der Waals surface area (Å²) >= 11 is 0. The van der Waals surface area contributed by atoms with Gasteiger partial charge >= 0.3 is 0 Å². The van der Waals surface area contributed by atoms with E-state index >= 15 is 0 Å². The molecule has 0 N–H and O–H groups in total. The average molecular weight is 316 g/mol. The van der Waals surface area contributed by atoms with Gasteiger partial charge in [-0.15, -0.1) is 0 Å². The van der Waals surface area contributed by atoms with Crippen LogP contribution in [0.2, 0.25) is 0 Å². The highest BCUT2D eigenvalue weighted by molar-refractivity contribution is 5.88. The first kappa shape index (κ1) is 14.7. The molecule has 4 nitrogen and oxygen atoms in total. The van der Waals surface area contributed by atoms with E-state index in [1.807, 2.05) is 15.9 Å². The first-order chi connectivity index (χ1) is 11.1. The van der Waals surface area contributed by atoms with Crippen LogP contribution in [0.5, 0.6) is 0 Å². The van der Waals surface area contributed by atoms with Gasteiger partial charge in [-0.3, -0.25) is 9.59 Å². The fourth-order valence-electron chi connectivity index (χ4n) is 3.93. The van der Waals surface area contributed by atoms with E-state index in [1.165, 1.54) is 12.1 Å². The van der Waals surface area contributed by atoms with Gasteiger partial charge in [-0.2, -0.15) is 0 Å². The lowest BCUT2D eigenvalue weighted by molar-refractivity contribution is -0.137. The zero-order valence-corrected chi connectivity index (χ0v) is 13.1. The Morgan fingerprint density at radius 1 is 1.26 bits per heavy atom. The summed E-state index contributed by atoms with van der Waals surface area (Å²) in [7, 11) is 0. The number of rotatable bonds is 3. The lowest BCUT2D eigenvalue weighted by atomic mass is 9.85. The number of hydrogen-bond acceptors (Lipinski definition) is 2. The molecule has 23 heavy (non-hydrogen) atoms. The molecule has 0 radical (unpaired) electrons. The first-order valence-electron chi connectivity index (χ1n) is 8.40. The summed E-state index contributed by atoms with van der Waals surface area (Å²) in [5, 5.41) is 0. The van der Waals surface area contributed by atoms with Crippen molar-refractivity contribution in [1.82, 2.24) is 9.80 Å². The van der Waals surface area contributed by atoms with Crippen LogP contribution in [0.3, 0.4) is 0 Å². The van der Waals surface area contributed by atoms with Gasteiger partial charge in [-0.1, -0.05) is 12.1 Å². The van der Waals surface area contributed by atoms with E-state index in [0.717, 1.165) is 31.2 Å². The number of hydrogen-bond donors (Lipinski definition) is 0. The van der Waals surface area contributed by atoms with E-state index in [2.05, 4.69) is 0 Å². The summed E-state index contributed by atoms with van der Waals surface area (Å²) in [6.07, 6.45) is 3.57. The fraction of sp³-hybridized carbons (Fsp3) is 0.556. The highest BCUT2D eigenvalue weighted by atomic mass is 19.1. The van der Waals surface area contributed by atoms with Crippen LogP contribution in [-0.4, -0.2) is 41.2 Å². The topological polar surface area (TPSA) is 40.6 Å². The third-order valence-corrected chi connectivity index (χ3v) is 5.46. The Balaban J connectivity index is 1.44. The van der Waals surface area contributed by atoms with Crippen LogP contribution in [0, 0.1) is 17.2 Å². The quantitative estimate of drug-likeness (QED) is 0.857. The van der Waals surface area contributed by atoms with Crippen LogP contribution in [0.25, 0.3) is 0 Å². The summed E-state index contributed by atoms with van der Waals surface area (Å²) in [5.41, 5.74) is 0.428. The highest BCUT2D eigenvalue weighted by Crippen LogP contribution is 2.43. The maximum Gasteiger partial charge on any atom is 0.231 e. The maximum absolute atomic E-state index is 13.3. The first-order valence-corrected chi connectivity index (χ1v) is 8.40. The van der Waals surface area contributed by atoms with Crippen LogP contribution < -0.4 is 0 Å². The number of carbonyl (C=O) groups excluding carboxylic acids is 2. The summed E-state index contributed by atoms with van der Waals surface area (Å²) in [5.74, 6) is 0.307. The number of benzene rings is 1. The fourth-order valence-corrected chi connectivity index (χ4v) is 3.93. The number of halogens is 1. The van der Waals surface area contributed by atoms with Crippen molar-refractivity contribution >= 4 is 11.8 Å². The summed E-state index contributed by atoms with van der Waals surface area (Å²) in [4.78, 5) is 28.8. The number of likely N-dealkylation sites (tertiary alicyclic amines) is 2. The van der Waals surface area contributed by atoms with Gasteiger partial charge in [0.05, 0.1) is 5.41 Å². The van der Waals surface area contributed by atoms with Crippen molar-refractivity contribution in [3.8, 4) is 0 Å². The molecule has 2 aliphatic heterocycles. The van der Waals surface area contributed by atoms with Gasteiger partial charge in [0.15, 0.2) is 0 Å². The van der Waals surface area contributed by atoms with Gasteiger partial charge < -0.3 is 9.80 Å². The second-order valence-corrected chi connectivity index (χ2v) is 7.17. The molecule has 1 spiro atoms. The van der Waals surface area contributed by atoms with E-state index in [9.17, 15) is 14.0 Å². The van der Waals surface area contributed by atoms with Gasteiger partial charge in [0.2, 0.25) is 11.8 Å². The van der Waals surface area contributed by atoms with Crippen molar-refractivity contribution in [2.24, 2.45) is 11.3 Å². The van der Waals surface area contributed by atoms with Crippen molar-refractivity contribution in [3.63, 3.8) is 0 Å². The Morgan fingerprint density at radius 2 is 2.04 bits per heavy atom. The molecule has 0 unspecified atom stereocenters. The minimum Gasteiger partial charge on any atom is -0.341 e. The van der Waals surface area contributed by atoms with Gasteiger partial charge in [0, 0.05) is 32.1 Å². The molecule has 4 rings (SSSR count). The van der Waals surface area contributed by atoms with Crippen LogP contribution in [0.4, 0.5) is 4.39 Å². The number of carbonyl (C=O) groups is 2. The smallest absolute Gasteiger partial charge is 0.231 e. The molecular weight excluding hydrogens is 295 g/mol. The molecule has 2 heterocycles. The minimum absolute atomic E-state index is 0.132. The molecule has 0 aromatic heterocycles. The molecule has 1 aliphatic carbocycles. The second kappa shape index (κ2) is 5.32. The van der Waals surface area contributed by atoms with Crippen LogP contribution in [0.1, 0.15) is 31.2 Å². The van der Waals surface area contributed by atoms with Gasteiger partial charge in [0.25, 0.3) is 0 Å². The second-order valence-electron chi connectivity index (χ2n) is 7.17. The maximum atomic E-state index is 13.3. The van der Waals surface area contributed by atoms with E-state index in [-0.39, 0.29) is 23.5 Å². The molecular formula is C18H21FN2O2. The third kappa shape index (κ3) is 2.62. The minimum atomic E-state index is -0.391. The van der Waals surface area contributed by atoms with Crippen LogP contribution in [-0.2, 0) is 16.1 Å². The molecule has 1 atom stereocenters. The number of nitrogens with zero attached hydrogens (tertiary/aromatic N) is 2. The van der Waals surface area contributed by atoms with Crippen LogP contribution >= 0.6 is 0 Å². The predicted molar refractivity (Wildman–Crippen MR) is 82.8 cm³/mol. The Labute approximate surface area is 135 Å². The molecule has 3 aliphatic rings. The van der Waals surface area contributed by atoms with Gasteiger partial charge in [-0.05, 0) is 43.4 Å². The van der Waals surface area contributed by atoms with E-state index in [0.29, 0.717) is 26.2 Å². The molecule has 122 valence electrons. The third-order valence-electron chi connectivity index (χ3n) is 5.46. The largest absolute Gasteiger partial charge is 0.341 e. The lowest BCUT2D eigenvalue weighted by Gasteiger charge is -2.24. The van der Waals surface area contributed by atoms with E-state index < -0.39 is 5.41 Å². The highest BCUT2D eigenvalue weighted by Gasteiger charge is 2.52. The molecule has 1 saturated carbocycles. The summed E-state index contributed by atoms with van der Waals surface area (Å²) in [6, 6.07) is 6.41. The summed E-state index contributed by atoms with van der Waals surface area (Å²) in [6.45, 7) is 2.42. The zero-order chi connectivity index (χ0) is 16.0. The Kier molecular flexibility index (Phi) is 3.39. The van der Waals surface area contributed by atoms with Crippen molar-refractivity contribution in [3.05, 3.63) is 35.6 Å². The van der Waals surface area contributed by atoms with Crippen molar-refractivity contribution in [2.75, 3.05) is 19.6 Å². The van der Waals surface area contributed by atoms with Crippen molar-refractivity contribution < 1.29 is 14.0 Å². The predicted octanol–water partition coefficient (Wildman–Crippen LogP) is 2.19.